The van der Waals surface area contributed by atoms with Gasteiger partial charge in [0.25, 0.3) is 5.91 Å². The number of amides is 1. The molecule has 6 heteroatoms. The Morgan fingerprint density at radius 1 is 1.09 bits per heavy atom. The molecule has 0 aliphatic carbocycles. The third-order valence-corrected chi connectivity index (χ3v) is 4.07. The molecule has 0 aromatic heterocycles. The number of carbonyl (C=O) groups excluding carboxylic acids is 1. The summed E-state index contributed by atoms with van der Waals surface area (Å²) < 4.78 is 6.49. The summed E-state index contributed by atoms with van der Waals surface area (Å²) in [5.74, 6) is 0.480. The largest absolute Gasteiger partial charge is 0.506 e. The Labute approximate surface area is 145 Å². The summed E-state index contributed by atoms with van der Waals surface area (Å²) in [4.78, 5) is 11.9. The lowest BCUT2D eigenvalue weighted by atomic mass is 10.1. The maximum absolute atomic E-state index is 11.9. The van der Waals surface area contributed by atoms with Gasteiger partial charge < -0.3 is 15.2 Å². The molecule has 1 amide bonds. The first kappa shape index (κ1) is 16.8. The zero-order valence-electron chi connectivity index (χ0n) is 12.1. The molecular weight excluding hydrogens is 414 g/mol. The van der Waals surface area contributed by atoms with Crippen LogP contribution in [0.25, 0.3) is 0 Å². The van der Waals surface area contributed by atoms with Crippen molar-refractivity contribution in [1.29, 1.82) is 0 Å². The lowest BCUT2D eigenvalue weighted by Gasteiger charge is -2.10. The predicted molar refractivity (Wildman–Crippen MR) is 93.5 cm³/mol. The van der Waals surface area contributed by atoms with Crippen LogP contribution in [0.2, 0.25) is 0 Å². The van der Waals surface area contributed by atoms with Crippen LogP contribution in [-0.2, 0) is 4.79 Å². The van der Waals surface area contributed by atoms with E-state index in [0.717, 1.165) is 11.1 Å². The predicted octanol–water partition coefficient (Wildman–Crippen LogP) is 4.55. The molecule has 0 atom stereocenters. The molecule has 22 heavy (non-hydrogen) atoms. The van der Waals surface area contributed by atoms with Crippen LogP contribution < -0.4 is 10.1 Å². The summed E-state index contributed by atoms with van der Waals surface area (Å²) in [6.07, 6.45) is 0. The highest BCUT2D eigenvalue weighted by Crippen LogP contribution is 2.35. The fourth-order valence-corrected chi connectivity index (χ4v) is 3.19. The number of hydrogen-bond donors (Lipinski definition) is 2. The van der Waals surface area contributed by atoms with Gasteiger partial charge in [-0.15, -0.1) is 0 Å². The minimum Gasteiger partial charge on any atom is -0.506 e. The van der Waals surface area contributed by atoms with Gasteiger partial charge in [0.05, 0.1) is 8.95 Å². The normalized spacial score (nSPS) is 10.4. The van der Waals surface area contributed by atoms with Gasteiger partial charge in [-0.1, -0.05) is 6.07 Å². The molecule has 0 unspecified atom stereocenters. The second-order valence-corrected chi connectivity index (χ2v) is 6.66. The standard InChI is InChI=1S/C16H15Br2NO3/c1-9-3-10(2)5-12(4-9)22-8-15(20)19-11-6-13(17)16(21)14(18)7-11/h3-7,21H,8H2,1-2H3,(H,19,20). The molecule has 2 aromatic rings. The van der Waals surface area contributed by atoms with Crippen LogP contribution in [0.3, 0.4) is 0 Å². The highest BCUT2D eigenvalue weighted by molar-refractivity contribution is 9.11. The third kappa shape index (κ3) is 4.48. The van der Waals surface area contributed by atoms with Crippen molar-refractivity contribution in [1.82, 2.24) is 0 Å². The topological polar surface area (TPSA) is 58.6 Å². The molecule has 0 radical (unpaired) electrons. The number of anilines is 1. The van der Waals surface area contributed by atoms with Crippen molar-refractivity contribution in [3.63, 3.8) is 0 Å². The number of aromatic hydroxyl groups is 1. The first-order valence-electron chi connectivity index (χ1n) is 6.54. The Morgan fingerprint density at radius 2 is 1.64 bits per heavy atom. The number of phenolic OH excluding ortho intramolecular Hbond substituents is 1. The van der Waals surface area contributed by atoms with Gasteiger partial charge in [-0.2, -0.15) is 0 Å². The molecule has 4 nitrogen and oxygen atoms in total. The molecule has 0 saturated carbocycles. The smallest absolute Gasteiger partial charge is 0.262 e. The van der Waals surface area contributed by atoms with Crippen LogP contribution in [0.5, 0.6) is 11.5 Å². The van der Waals surface area contributed by atoms with Crippen molar-refractivity contribution in [2.75, 3.05) is 11.9 Å². The minimum absolute atomic E-state index is 0.0843. The van der Waals surface area contributed by atoms with Crippen molar-refractivity contribution in [2.45, 2.75) is 13.8 Å². The van der Waals surface area contributed by atoms with Crippen molar-refractivity contribution >= 4 is 43.5 Å². The third-order valence-electron chi connectivity index (χ3n) is 2.87. The lowest BCUT2D eigenvalue weighted by molar-refractivity contribution is -0.118. The van der Waals surface area contributed by atoms with Crippen LogP contribution in [0, 0.1) is 13.8 Å². The molecule has 0 aliphatic heterocycles. The number of halogens is 2. The fraction of sp³-hybridized carbons (Fsp3) is 0.188. The van der Waals surface area contributed by atoms with Crippen LogP contribution in [0.4, 0.5) is 5.69 Å². The zero-order chi connectivity index (χ0) is 16.3. The molecule has 0 fully saturated rings. The van der Waals surface area contributed by atoms with Crippen molar-refractivity contribution in [2.24, 2.45) is 0 Å². The quantitative estimate of drug-likeness (QED) is 0.702. The van der Waals surface area contributed by atoms with E-state index in [2.05, 4.69) is 37.2 Å². The van der Waals surface area contributed by atoms with Crippen LogP contribution in [0.15, 0.2) is 39.3 Å². The van der Waals surface area contributed by atoms with E-state index in [0.29, 0.717) is 20.4 Å². The van der Waals surface area contributed by atoms with Crippen LogP contribution in [0.1, 0.15) is 11.1 Å². The lowest BCUT2D eigenvalue weighted by Crippen LogP contribution is -2.20. The SMILES string of the molecule is Cc1cc(C)cc(OCC(=O)Nc2cc(Br)c(O)c(Br)c2)c1. The van der Waals surface area contributed by atoms with Crippen molar-refractivity contribution in [3.8, 4) is 11.5 Å². The number of hydrogen-bond acceptors (Lipinski definition) is 3. The molecular formula is C16H15Br2NO3. The highest BCUT2D eigenvalue weighted by atomic mass is 79.9. The highest BCUT2D eigenvalue weighted by Gasteiger charge is 2.09. The van der Waals surface area contributed by atoms with E-state index in [1.807, 2.05) is 32.0 Å². The second kappa shape index (κ2) is 7.15. The molecule has 0 aliphatic rings. The Balaban J connectivity index is 1.98. The van der Waals surface area contributed by atoms with E-state index >= 15 is 0 Å². The molecule has 0 spiro atoms. The van der Waals surface area contributed by atoms with E-state index < -0.39 is 0 Å². The van der Waals surface area contributed by atoms with Gasteiger partial charge in [0.15, 0.2) is 6.61 Å². The van der Waals surface area contributed by atoms with Gasteiger partial charge in [-0.3, -0.25) is 4.79 Å². The van der Waals surface area contributed by atoms with Crippen molar-refractivity contribution in [3.05, 3.63) is 50.4 Å². The first-order chi connectivity index (χ1) is 10.3. The van der Waals surface area contributed by atoms with Gasteiger partial charge >= 0.3 is 0 Å². The number of carbonyl (C=O) groups is 1. The Kier molecular flexibility index (Phi) is 5.47. The zero-order valence-corrected chi connectivity index (χ0v) is 15.3. The van der Waals surface area contributed by atoms with Crippen molar-refractivity contribution < 1.29 is 14.6 Å². The number of phenols is 1. The monoisotopic (exact) mass is 427 g/mol. The van der Waals surface area contributed by atoms with Gasteiger partial charge in [0.2, 0.25) is 0 Å². The van der Waals surface area contributed by atoms with Gasteiger partial charge in [0.1, 0.15) is 11.5 Å². The molecule has 0 saturated heterocycles. The van der Waals surface area contributed by atoms with E-state index in [4.69, 9.17) is 4.74 Å². The number of aryl methyl sites for hydroxylation is 2. The van der Waals surface area contributed by atoms with Gasteiger partial charge in [0, 0.05) is 5.69 Å². The summed E-state index contributed by atoms with van der Waals surface area (Å²) in [7, 11) is 0. The fourth-order valence-electron chi connectivity index (χ4n) is 2.00. The maximum atomic E-state index is 11.9. The van der Waals surface area contributed by atoms with Gasteiger partial charge in [-0.05, 0) is 81.1 Å². The molecule has 2 N–H and O–H groups in total. The average Bonchev–Trinajstić information content (AvgIpc) is 2.41. The first-order valence-corrected chi connectivity index (χ1v) is 8.12. The average molecular weight is 429 g/mol. The summed E-state index contributed by atoms with van der Waals surface area (Å²) in [6.45, 7) is 3.87. The molecule has 2 aromatic carbocycles. The molecule has 2 rings (SSSR count). The molecule has 0 bridgehead atoms. The van der Waals surface area contributed by atoms with E-state index in [1.54, 1.807) is 12.1 Å². The van der Waals surface area contributed by atoms with E-state index in [9.17, 15) is 9.90 Å². The summed E-state index contributed by atoms with van der Waals surface area (Å²) >= 11 is 6.43. The number of nitrogens with one attached hydrogen (secondary N) is 1. The molecule has 0 heterocycles. The summed E-state index contributed by atoms with van der Waals surface area (Å²) in [5, 5.41) is 12.4. The second-order valence-electron chi connectivity index (χ2n) is 4.95. The van der Waals surface area contributed by atoms with Crippen LogP contribution >= 0.6 is 31.9 Å². The number of benzene rings is 2. The number of rotatable bonds is 4. The Morgan fingerprint density at radius 3 is 2.18 bits per heavy atom. The summed E-state index contributed by atoms with van der Waals surface area (Å²) in [5.41, 5.74) is 2.73. The maximum Gasteiger partial charge on any atom is 0.262 e. The Hall–Kier alpha value is -1.53. The molecule has 116 valence electrons. The minimum atomic E-state index is -0.274. The summed E-state index contributed by atoms with van der Waals surface area (Å²) in [6, 6.07) is 9.05. The van der Waals surface area contributed by atoms with Gasteiger partial charge in [-0.25, -0.2) is 0 Å². The van der Waals surface area contributed by atoms with E-state index in [-0.39, 0.29) is 18.3 Å². The Bertz CT molecular complexity index is 673. The number of ether oxygens (including phenoxy) is 1. The van der Waals surface area contributed by atoms with Crippen LogP contribution in [-0.4, -0.2) is 17.6 Å². The van der Waals surface area contributed by atoms with E-state index in [1.165, 1.54) is 0 Å².